The lowest BCUT2D eigenvalue weighted by molar-refractivity contribution is -0.143. The Balaban J connectivity index is 1.71. The second kappa shape index (κ2) is 9.84. The van der Waals surface area contributed by atoms with Crippen LogP contribution in [-0.4, -0.2) is 34.7 Å². The van der Waals surface area contributed by atoms with E-state index >= 15 is 0 Å². The highest BCUT2D eigenvalue weighted by molar-refractivity contribution is 5.95. The summed E-state index contributed by atoms with van der Waals surface area (Å²) in [6.45, 7) is -0.0898. The van der Waals surface area contributed by atoms with Crippen molar-refractivity contribution in [1.29, 1.82) is 0 Å². The number of hydrogen-bond acceptors (Lipinski definition) is 3. The SMILES string of the molecule is O=C(NCCNC(=O)C1CCCCC1)c1cnn(-c2cccc(C(F)(F)F)c2)c1C(F)(F)F. The van der Waals surface area contributed by atoms with Gasteiger partial charge in [-0.15, -0.1) is 0 Å². The van der Waals surface area contributed by atoms with Crippen LogP contribution in [0, 0.1) is 5.92 Å². The molecule has 0 unspecified atom stereocenters. The second-order valence-corrected chi connectivity index (χ2v) is 7.75. The van der Waals surface area contributed by atoms with Crippen molar-refractivity contribution in [3.8, 4) is 5.69 Å². The van der Waals surface area contributed by atoms with Gasteiger partial charge in [-0.3, -0.25) is 9.59 Å². The Bertz CT molecular complexity index is 993. The molecule has 1 heterocycles. The highest BCUT2D eigenvalue weighted by Gasteiger charge is 2.41. The molecule has 1 aromatic carbocycles. The smallest absolute Gasteiger partial charge is 0.354 e. The van der Waals surface area contributed by atoms with E-state index < -0.39 is 40.8 Å². The first kappa shape index (κ1) is 24.6. The van der Waals surface area contributed by atoms with Crippen molar-refractivity contribution in [2.45, 2.75) is 44.5 Å². The molecular formula is C21H22F6N4O2. The quantitative estimate of drug-likeness (QED) is 0.481. The van der Waals surface area contributed by atoms with Crippen molar-refractivity contribution in [3.05, 3.63) is 47.3 Å². The third kappa shape index (κ3) is 6.05. The molecule has 2 aromatic rings. The van der Waals surface area contributed by atoms with Crippen molar-refractivity contribution in [1.82, 2.24) is 20.4 Å². The highest BCUT2D eigenvalue weighted by atomic mass is 19.4. The molecule has 1 fully saturated rings. The summed E-state index contributed by atoms with van der Waals surface area (Å²) in [5.41, 5.74) is -3.97. The molecular weight excluding hydrogens is 454 g/mol. The molecule has 0 atom stereocenters. The lowest BCUT2D eigenvalue weighted by Gasteiger charge is -2.20. The van der Waals surface area contributed by atoms with Crippen LogP contribution in [0.5, 0.6) is 0 Å². The highest BCUT2D eigenvalue weighted by Crippen LogP contribution is 2.35. The van der Waals surface area contributed by atoms with Crippen LogP contribution in [0.4, 0.5) is 26.3 Å². The van der Waals surface area contributed by atoms with Crippen LogP contribution in [0.1, 0.15) is 53.7 Å². The number of benzene rings is 1. The Morgan fingerprint density at radius 3 is 2.27 bits per heavy atom. The average molecular weight is 476 g/mol. The van der Waals surface area contributed by atoms with E-state index in [1.54, 1.807) is 0 Å². The molecule has 180 valence electrons. The van der Waals surface area contributed by atoms with Crippen LogP contribution in [0.25, 0.3) is 5.69 Å². The van der Waals surface area contributed by atoms with Gasteiger partial charge in [-0.25, -0.2) is 4.68 Å². The molecule has 0 radical (unpaired) electrons. The lowest BCUT2D eigenvalue weighted by atomic mass is 9.89. The van der Waals surface area contributed by atoms with Gasteiger partial charge >= 0.3 is 12.4 Å². The number of nitrogens with one attached hydrogen (secondary N) is 2. The third-order valence-electron chi connectivity index (χ3n) is 5.39. The Kier molecular flexibility index (Phi) is 7.33. The van der Waals surface area contributed by atoms with Crippen LogP contribution < -0.4 is 10.6 Å². The minimum absolute atomic E-state index is 0.0319. The van der Waals surface area contributed by atoms with E-state index in [-0.39, 0.29) is 29.6 Å². The molecule has 33 heavy (non-hydrogen) atoms. The zero-order chi connectivity index (χ0) is 24.2. The van der Waals surface area contributed by atoms with Crippen molar-refractivity contribution in [2.75, 3.05) is 13.1 Å². The summed E-state index contributed by atoms with van der Waals surface area (Å²) in [4.78, 5) is 24.5. The van der Waals surface area contributed by atoms with Gasteiger partial charge in [0.2, 0.25) is 5.91 Å². The number of rotatable bonds is 6. The van der Waals surface area contributed by atoms with E-state index in [4.69, 9.17) is 0 Å². The predicted octanol–water partition coefficient (Wildman–Crippen LogP) is 4.34. The van der Waals surface area contributed by atoms with Crippen LogP contribution in [0.3, 0.4) is 0 Å². The van der Waals surface area contributed by atoms with Gasteiger partial charge in [0.15, 0.2) is 5.69 Å². The first-order chi connectivity index (χ1) is 15.5. The van der Waals surface area contributed by atoms with Crippen LogP contribution >= 0.6 is 0 Å². The number of hydrogen-bond donors (Lipinski definition) is 2. The summed E-state index contributed by atoms with van der Waals surface area (Å²) in [5, 5.41) is 8.45. The second-order valence-electron chi connectivity index (χ2n) is 7.75. The van der Waals surface area contributed by atoms with Gasteiger partial charge in [0.25, 0.3) is 5.91 Å². The fraction of sp³-hybridized carbons (Fsp3) is 0.476. The molecule has 0 spiro atoms. The van der Waals surface area contributed by atoms with E-state index in [0.29, 0.717) is 12.3 Å². The van der Waals surface area contributed by atoms with Crippen molar-refractivity contribution >= 4 is 11.8 Å². The third-order valence-corrected chi connectivity index (χ3v) is 5.39. The molecule has 12 heteroatoms. The topological polar surface area (TPSA) is 76.0 Å². The molecule has 0 aliphatic heterocycles. The normalized spacial score (nSPS) is 15.3. The fourth-order valence-electron chi connectivity index (χ4n) is 3.76. The molecule has 1 aromatic heterocycles. The molecule has 1 aliphatic rings. The Hall–Kier alpha value is -3.05. The predicted molar refractivity (Wildman–Crippen MR) is 105 cm³/mol. The number of aromatic nitrogens is 2. The maximum atomic E-state index is 13.7. The fourth-order valence-corrected chi connectivity index (χ4v) is 3.76. The summed E-state index contributed by atoms with van der Waals surface area (Å²) < 4.78 is 80.2. The number of carbonyl (C=O) groups excluding carboxylic acids is 2. The van der Waals surface area contributed by atoms with Crippen molar-refractivity contribution in [3.63, 3.8) is 0 Å². The van der Waals surface area contributed by atoms with Gasteiger partial charge < -0.3 is 10.6 Å². The first-order valence-corrected chi connectivity index (χ1v) is 10.4. The number of halogens is 6. The summed E-state index contributed by atoms with van der Waals surface area (Å²) in [7, 11) is 0. The number of alkyl halides is 6. The maximum absolute atomic E-state index is 13.7. The standard InChI is InChI=1S/C21H22F6N4O2/c22-20(23,24)14-7-4-8-15(11-14)31-17(21(25,26)27)16(12-30-31)19(33)29-10-9-28-18(32)13-5-2-1-3-6-13/h4,7-8,11-13H,1-3,5-6,9-10H2,(H,28,32)(H,29,33). The average Bonchev–Trinajstić information content (AvgIpc) is 3.23. The Morgan fingerprint density at radius 1 is 0.970 bits per heavy atom. The van der Waals surface area contributed by atoms with Crippen LogP contribution in [0.2, 0.25) is 0 Å². The molecule has 2 amide bonds. The van der Waals surface area contributed by atoms with Gasteiger partial charge in [0.05, 0.1) is 23.0 Å². The Morgan fingerprint density at radius 2 is 1.64 bits per heavy atom. The maximum Gasteiger partial charge on any atom is 0.434 e. The van der Waals surface area contributed by atoms with E-state index in [2.05, 4.69) is 15.7 Å². The number of nitrogens with zero attached hydrogens (tertiary/aromatic N) is 2. The minimum atomic E-state index is -5.06. The number of amides is 2. The van der Waals surface area contributed by atoms with Gasteiger partial charge in [0.1, 0.15) is 0 Å². The molecule has 2 N–H and O–H groups in total. The lowest BCUT2D eigenvalue weighted by Crippen LogP contribution is -2.38. The largest absolute Gasteiger partial charge is 0.434 e. The van der Waals surface area contributed by atoms with E-state index in [1.165, 1.54) is 0 Å². The monoisotopic (exact) mass is 476 g/mol. The zero-order valence-electron chi connectivity index (χ0n) is 17.4. The molecule has 3 rings (SSSR count). The first-order valence-electron chi connectivity index (χ1n) is 10.4. The van der Waals surface area contributed by atoms with E-state index in [0.717, 1.165) is 50.3 Å². The summed E-state index contributed by atoms with van der Waals surface area (Å²) >= 11 is 0. The van der Waals surface area contributed by atoms with Crippen LogP contribution in [-0.2, 0) is 17.1 Å². The van der Waals surface area contributed by atoms with Gasteiger partial charge in [-0.05, 0) is 31.0 Å². The van der Waals surface area contributed by atoms with Gasteiger partial charge in [-0.2, -0.15) is 31.4 Å². The molecule has 0 saturated heterocycles. The minimum Gasteiger partial charge on any atom is -0.354 e. The van der Waals surface area contributed by atoms with E-state index in [1.807, 2.05) is 0 Å². The zero-order valence-corrected chi connectivity index (χ0v) is 17.4. The Labute approximate surface area is 185 Å². The summed E-state index contributed by atoms with van der Waals surface area (Å²) in [6, 6.07) is 3.22. The van der Waals surface area contributed by atoms with Gasteiger partial charge in [0, 0.05) is 19.0 Å². The summed E-state index contributed by atoms with van der Waals surface area (Å²) in [6.07, 6.45) is -4.61. The number of carbonyl (C=O) groups is 2. The molecule has 6 nitrogen and oxygen atoms in total. The molecule has 1 saturated carbocycles. The van der Waals surface area contributed by atoms with Crippen molar-refractivity contribution < 1.29 is 35.9 Å². The molecule has 0 bridgehead atoms. The van der Waals surface area contributed by atoms with Gasteiger partial charge in [-0.1, -0.05) is 25.3 Å². The van der Waals surface area contributed by atoms with E-state index in [9.17, 15) is 35.9 Å². The molecule has 1 aliphatic carbocycles. The van der Waals surface area contributed by atoms with Crippen molar-refractivity contribution in [2.24, 2.45) is 5.92 Å². The summed E-state index contributed by atoms with van der Waals surface area (Å²) in [5.74, 6) is -1.36. The van der Waals surface area contributed by atoms with Crippen LogP contribution in [0.15, 0.2) is 30.5 Å².